The molecule has 1 aliphatic rings. The number of aromatic nitrogens is 3. The Hall–Kier alpha value is -3.51. The third kappa shape index (κ3) is 4.90. The zero-order valence-corrected chi connectivity index (χ0v) is 21.0. The van der Waals surface area contributed by atoms with Crippen LogP contribution in [-0.4, -0.2) is 48.7 Å². The minimum Gasteiger partial charge on any atom is -0.494 e. The van der Waals surface area contributed by atoms with E-state index < -0.39 is 36.6 Å². The van der Waals surface area contributed by atoms with Gasteiger partial charge in [-0.2, -0.15) is 13.2 Å². The van der Waals surface area contributed by atoms with Gasteiger partial charge in [-0.25, -0.2) is 0 Å². The van der Waals surface area contributed by atoms with Crippen LogP contribution in [0.4, 0.5) is 13.2 Å². The van der Waals surface area contributed by atoms with Gasteiger partial charge < -0.3 is 23.7 Å². The van der Waals surface area contributed by atoms with E-state index in [1.807, 2.05) is 0 Å². The molecular formula is C24H23ClF3N3O6. The van der Waals surface area contributed by atoms with Crippen molar-refractivity contribution in [3.8, 4) is 22.9 Å². The lowest BCUT2D eigenvalue weighted by Gasteiger charge is -2.25. The SMILES string of the molecule is CCOC(=O)CC1OC(c2cccc(OC)c2OC)c2cc(Cl)cc(OC)c2-n2c1nnc2C(F)(F)F. The molecule has 4 rings (SSSR count). The van der Waals surface area contributed by atoms with Gasteiger partial charge in [0.05, 0.1) is 40.0 Å². The largest absolute Gasteiger partial charge is 0.494 e. The van der Waals surface area contributed by atoms with Crippen LogP contribution in [0.15, 0.2) is 30.3 Å². The van der Waals surface area contributed by atoms with Gasteiger partial charge in [-0.05, 0) is 19.1 Å². The van der Waals surface area contributed by atoms with E-state index in [0.29, 0.717) is 11.3 Å². The molecule has 2 aromatic carbocycles. The number of nitrogens with zero attached hydrogens (tertiary/aromatic N) is 3. The summed E-state index contributed by atoms with van der Waals surface area (Å²) in [4.78, 5) is 12.5. The smallest absolute Gasteiger partial charge is 0.452 e. The lowest BCUT2D eigenvalue weighted by molar-refractivity contribution is -0.147. The Balaban J connectivity index is 2.07. The fraction of sp³-hybridized carbons (Fsp3) is 0.375. The van der Waals surface area contributed by atoms with Crippen LogP contribution in [0.3, 0.4) is 0 Å². The number of ether oxygens (including phenoxy) is 5. The Morgan fingerprint density at radius 3 is 2.43 bits per heavy atom. The number of rotatable bonds is 7. The molecule has 198 valence electrons. The highest BCUT2D eigenvalue weighted by Crippen LogP contribution is 2.49. The quantitative estimate of drug-likeness (QED) is 0.382. The summed E-state index contributed by atoms with van der Waals surface area (Å²) in [6.45, 7) is 1.69. The van der Waals surface area contributed by atoms with Crippen molar-refractivity contribution in [2.24, 2.45) is 0 Å². The number of carbonyl (C=O) groups excluding carboxylic acids is 1. The van der Waals surface area contributed by atoms with E-state index in [1.54, 1.807) is 25.1 Å². The lowest BCUT2D eigenvalue weighted by atomic mass is 9.97. The average Bonchev–Trinajstić information content (AvgIpc) is 3.26. The van der Waals surface area contributed by atoms with E-state index in [2.05, 4.69) is 10.2 Å². The highest BCUT2D eigenvalue weighted by molar-refractivity contribution is 6.30. The highest BCUT2D eigenvalue weighted by atomic mass is 35.5. The van der Waals surface area contributed by atoms with Crippen LogP contribution >= 0.6 is 11.6 Å². The molecule has 0 aliphatic carbocycles. The molecule has 0 saturated heterocycles. The second kappa shape index (κ2) is 10.5. The van der Waals surface area contributed by atoms with Crippen molar-refractivity contribution in [1.82, 2.24) is 14.8 Å². The molecule has 1 aliphatic heterocycles. The Kier molecular flexibility index (Phi) is 7.51. The Morgan fingerprint density at radius 2 is 1.81 bits per heavy atom. The van der Waals surface area contributed by atoms with Gasteiger partial charge in [-0.3, -0.25) is 9.36 Å². The van der Waals surface area contributed by atoms with Crippen LogP contribution in [0.1, 0.15) is 48.3 Å². The predicted octanol–water partition coefficient (Wildman–Crippen LogP) is 5.08. The summed E-state index contributed by atoms with van der Waals surface area (Å²) in [5, 5.41) is 7.37. The van der Waals surface area contributed by atoms with E-state index in [0.717, 1.165) is 4.57 Å². The summed E-state index contributed by atoms with van der Waals surface area (Å²) in [6.07, 6.45) is -7.71. The maximum atomic E-state index is 14.1. The van der Waals surface area contributed by atoms with Gasteiger partial charge in [-0.15, -0.1) is 10.2 Å². The number of methoxy groups -OCH3 is 3. The minimum absolute atomic E-state index is 0.0151. The number of alkyl halides is 3. The number of esters is 1. The van der Waals surface area contributed by atoms with Crippen molar-refractivity contribution < 1.29 is 41.7 Å². The number of hydrogen-bond acceptors (Lipinski definition) is 8. The average molecular weight is 542 g/mol. The number of halogens is 4. The van der Waals surface area contributed by atoms with E-state index in [-0.39, 0.29) is 40.2 Å². The van der Waals surface area contributed by atoms with Gasteiger partial charge in [0.15, 0.2) is 17.3 Å². The predicted molar refractivity (Wildman–Crippen MR) is 124 cm³/mol. The molecule has 0 spiro atoms. The summed E-state index contributed by atoms with van der Waals surface area (Å²) < 4.78 is 71.0. The lowest BCUT2D eigenvalue weighted by Crippen LogP contribution is -2.18. The van der Waals surface area contributed by atoms with E-state index in [4.69, 9.17) is 35.3 Å². The molecule has 37 heavy (non-hydrogen) atoms. The maximum Gasteiger partial charge on any atom is 0.452 e. The molecule has 0 amide bonds. The molecule has 9 nitrogen and oxygen atoms in total. The second-order valence-electron chi connectivity index (χ2n) is 7.86. The summed E-state index contributed by atoms with van der Waals surface area (Å²) in [5.74, 6) is -1.61. The molecule has 1 aromatic heterocycles. The Bertz CT molecular complexity index is 1310. The normalized spacial score (nSPS) is 16.9. The molecular weight excluding hydrogens is 519 g/mol. The molecule has 13 heteroatoms. The van der Waals surface area contributed by atoms with Crippen LogP contribution in [0, 0.1) is 0 Å². The van der Waals surface area contributed by atoms with Gasteiger partial charge in [0.25, 0.3) is 0 Å². The van der Waals surface area contributed by atoms with Gasteiger partial charge >= 0.3 is 12.1 Å². The molecule has 2 heterocycles. The van der Waals surface area contributed by atoms with Crippen LogP contribution in [0.2, 0.25) is 5.02 Å². The van der Waals surface area contributed by atoms with Gasteiger partial charge in [0.1, 0.15) is 18.0 Å². The van der Waals surface area contributed by atoms with Crippen molar-refractivity contribution in [2.45, 2.75) is 31.7 Å². The zero-order valence-electron chi connectivity index (χ0n) is 20.3. The summed E-state index contributed by atoms with van der Waals surface area (Å²) in [6, 6.07) is 7.83. The number of hydrogen-bond donors (Lipinski definition) is 0. The van der Waals surface area contributed by atoms with E-state index in [1.165, 1.54) is 33.5 Å². The molecule has 2 atom stereocenters. The fourth-order valence-corrected chi connectivity index (χ4v) is 4.48. The molecule has 3 aromatic rings. The van der Waals surface area contributed by atoms with Gasteiger partial charge in [0.2, 0.25) is 5.82 Å². The fourth-order valence-electron chi connectivity index (χ4n) is 4.27. The summed E-state index contributed by atoms with van der Waals surface area (Å²) >= 11 is 6.36. The van der Waals surface area contributed by atoms with Gasteiger partial charge in [0, 0.05) is 22.2 Å². The topological polar surface area (TPSA) is 93.9 Å². The monoisotopic (exact) mass is 541 g/mol. The van der Waals surface area contributed by atoms with Crippen LogP contribution in [-0.2, 0) is 20.4 Å². The molecule has 0 fully saturated rings. The minimum atomic E-state index is -4.89. The molecule has 0 N–H and O–H groups in total. The van der Waals surface area contributed by atoms with Crippen molar-refractivity contribution in [3.05, 3.63) is 58.1 Å². The Morgan fingerprint density at radius 1 is 1.08 bits per heavy atom. The molecule has 2 unspecified atom stereocenters. The first-order valence-corrected chi connectivity index (χ1v) is 11.4. The van der Waals surface area contributed by atoms with Crippen molar-refractivity contribution in [2.75, 3.05) is 27.9 Å². The van der Waals surface area contributed by atoms with E-state index >= 15 is 0 Å². The Labute approximate surface area is 215 Å². The third-order valence-electron chi connectivity index (χ3n) is 5.70. The van der Waals surface area contributed by atoms with Crippen molar-refractivity contribution in [3.63, 3.8) is 0 Å². The van der Waals surface area contributed by atoms with Crippen LogP contribution in [0.5, 0.6) is 17.2 Å². The van der Waals surface area contributed by atoms with Crippen LogP contribution in [0.25, 0.3) is 5.69 Å². The first kappa shape index (κ1) is 26.6. The van der Waals surface area contributed by atoms with Crippen molar-refractivity contribution in [1.29, 1.82) is 0 Å². The maximum absolute atomic E-state index is 14.1. The zero-order chi connectivity index (χ0) is 26.9. The van der Waals surface area contributed by atoms with Gasteiger partial charge in [-0.1, -0.05) is 23.7 Å². The molecule has 0 bridgehead atoms. The molecule has 0 radical (unpaired) electrons. The number of carbonyl (C=O) groups is 1. The number of fused-ring (bicyclic) bond motifs is 3. The number of para-hydroxylation sites is 1. The van der Waals surface area contributed by atoms with Crippen molar-refractivity contribution >= 4 is 17.6 Å². The highest BCUT2D eigenvalue weighted by Gasteiger charge is 2.45. The standard InChI is InChI=1S/C24H23ClF3N3O6/c1-5-36-18(32)11-17-22-29-30-23(24(26,27)28)31(22)19-14(9-12(25)10-16(19)34-3)20(37-17)13-7-6-8-15(33-2)21(13)35-4/h6-10,17,20H,5,11H2,1-4H3. The van der Waals surface area contributed by atoms with Crippen LogP contribution < -0.4 is 14.2 Å². The number of benzene rings is 2. The third-order valence-corrected chi connectivity index (χ3v) is 5.92. The van der Waals surface area contributed by atoms with E-state index in [9.17, 15) is 18.0 Å². The first-order chi connectivity index (χ1) is 17.6. The summed E-state index contributed by atoms with van der Waals surface area (Å²) in [5.41, 5.74) is 0.572. The molecule has 0 saturated carbocycles. The summed E-state index contributed by atoms with van der Waals surface area (Å²) in [7, 11) is 4.17. The first-order valence-electron chi connectivity index (χ1n) is 11.1. The second-order valence-corrected chi connectivity index (χ2v) is 8.29.